The Morgan fingerprint density at radius 2 is 2.24 bits per heavy atom. The van der Waals surface area contributed by atoms with Crippen molar-refractivity contribution in [1.82, 2.24) is 10.4 Å². The van der Waals surface area contributed by atoms with E-state index in [1.54, 1.807) is 18.3 Å². The number of aliphatic hydroxyl groups is 1. The van der Waals surface area contributed by atoms with Gasteiger partial charge in [-0.15, -0.1) is 11.3 Å². The summed E-state index contributed by atoms with van der Waals surface area (Å²) in [6.45, 7) is 5.69. The van der Waals surface area contributed by atoms with Crippen molar-refractivity contribution < 1.29 is 15.1 Å². The molecule has 0 aromatic carbocycles. The van der Waals surface area contributed by atoms with Crippen molar-refractivity contribution in [1.29, 1.82) is 0 Å². The van der Waals surface area contributed by atoms with E-state index in [9.17, 15) is 10.0 Å². The molecule has 0 fully saturated rings. The Kier molecular flexibility index (Phi) is 4.92. The lowest BCUT2D eigenvalue weighted by molar-refractivity contribution is -0.0746. The van der Waals surface area contributed by atoms with Gasteiger partial charge in [0.2, 0.25) is 0 Å². The Balaban J connectivity index is 2.72. The quantitative estimate of drug-likeness (QED) is 0.570. The number of hydrogen-bond acceptors (Lipinski definition) is 4. The van der Waals surface area contributed by atoms with Crippen LogP contribution in [-0.4, -0.2) is 34.6 Å². The van der Waals surface area contributed by atoms with Crippen LogP contribution in [0.2, 0.25) is 0 Å². The topological polar surface area (TPSA) is 72.8 Å². The Morgan fingerprint density at radius 1 is 1.59 bits per heavy atom. The first-order chi connectivity index (χ1) is 7.97. The van der Waals surface area contributed by atoms with E-state index >= 15 is 0 Å². The second-order valence-corrected chi connectivity index (χ2v) is 5.31. The van der Waals surface area contributed by atoms with Gasteiger partial charge >= 0.3 is 6.03 Å². The number of aliphatic hydroxyl groups excluding tert-OH is 1. The fraction of sp³-hybridized carbons (Fsp3) is 0.545. The summed E-state index contributed by atoms with van der Waals surface area (Å²) in [6.07, 6.45) is 0. The Bertz CT molecular complexity index is 392. The first kappa shape index (κ1) is 14.0. The highest BCUT2D eigenvalue weighted by atomic mass is 32.1. The van der Waals surface area contributed by atoms with E-state index in [1.807, 2.05) is 19.9 Å². The summed E-state index contributed by atoms with van der Waals surface area (Å²) in [5.41, 5.74) is 0.939. The monoisotopic (exact) mass is 258 g/mol. The van der Waals surface area contributed by atoms with Gasteiger partial charge in [-0.25, -0.2) is 4.79 Å². The third-order valence-electron chi connectivity index (χ3n) is 2.49. The third-order valence-corrected chi connectivity index (χ3v) is 3.47. The zero-order valence-electron chi connectivity index (χ0n) is 10.2. The number of hydroxylamine groups is 2. The van der Waals surface area contributed by atoms with Crippen LogP contribution in [0.1, 0.15) is 28.3 Å². The molecule has 1 heterocycles. The van der Waals surface area contributed by atoms with E-state index in [1.165, 1.54) is 0 Å². The van der Waals surface area contributed by atoms with Crippen molar-refractivity contribution in [3.8, 4) is 0 Å². The van der Waals surface area contributed by atoms with Gasteiger partial charge in [0.1, 0.15) is 0 Å². The predicted octanol–water partition coefficient (Wildman–Crippen LogP) is 1.82. The van der Waals surface area contributed by atoms with Crippen molar-refractivity contribution in [2.24, 2.45) is 0 Å². The summed E-state index contributed by atoms with van der Waals surface area (Å²) < 4.78 is 0. The second kappa shape index (κ2) is 6.00. The summed E-state index contributed by atoms with van der Waals surface area (Å²) in [5.74, 6) is 0. The van der Waals surface area contributed by atoms with E-state index in [0.717, 1.165) is 15.3 Å². The van der Waals surface area contributed by atoms with E-state index in [4.69, 9.17) is 5.11 Å². The maximum atomic E-state index is 11.5. The number of thiophene rings is 1. The fourth-order valence-corrected chi connectivity index (χ4v) is 2.63. The van der Waals surface area contributed by atoms with Crippen LogP contribution in [-0.2, 0) is 0 Å². The van der Waals surface area contributed by atoms with Gasteiger partial charge in [0.15, 0.2) is 0 Å². The number of carbonyl (C=O) groups is 1. The molecule has 0 bridgehead atoms. The molecule has 0 aliphatic heterocycles. The summed E-state index contributed by atoms with van der Waals surface area (Å²) >= 11 is 1.64. The van der Waals surface area contributed by atoms with Gasteiger partial charge in [-0.05, 0) is 32.4 Å². The van der Waals surface area contributed by atoms with Crippen LogP contribution in [0.4, 0.5) is 4.79 Å². The Morgan fingerprint density at radius 3 is 2.71 bits per heavy atom. The maximum absolute atomic E-state index is 11.5. The minimum atomic E-state index is -0.602. The molecule has 0 saturated heterocycles. The Labute approximate surface area is 105 Å². The SMILES string of the molecule is Cc1cc(C(C)N(O)C(=O)NCCO)c(C)s1. The molecule has 0 aliphatic carbocycles. The summed E-state index contributed by atoms with van der Waals surface area (Å²) in [7, 11) is 0. The molecule has 0 aliphatic rings. The molecule has 1 unspecified atom stereocenters. The van der Waals surface area contributed by atoms with Crippen molar-refractivity contribution in [3.05, 3.63) is 21.4 Å². The summed E-state index contributed by atoms with van der Waals surface area (Å²) in [5, 5.41) is 21.4. The number of hydrogen-bond donors (Lipinski definition) is 3. The van der Waals surface area contributed by atoms with Gasteiger partial charge in [-0.1, -0.05) is 0 Å². The van der Waals surface area contributed by atoms with E-state index in [0.29, 0.717) is 5.06 Å². The molecule has 1 atom stereocenters. The van der Waals surface area contributed by atoms with Crippen LogP contribution in [0, 0.1) is 13.8 Å². The molecule has 0 radical (unpaired) electrons. The number of carbonyl (C=O) groups excluding carboxylic acids is 1. The lowest BCUT2D eigenvalue weighted by Crippen LogP contribution is -2.40. The molecule has 96 valence electrons. The van der Waals surface area contributed by atoms with Crippen LogP contribution >= 0.6 is 11.3 Å². The van der Waals surface area contributed by atoms with Crippen molar-refractivity contribution in [2.45, 2.75) is 26.8 Å². The average Bonchev–Trinajstić information content (AvgIpc) is 2.63. The number of aryl methyl sites for hydroxylation is 2. The average molecular weight is 258 g/mol. The van der Waals surface area contributed by atoms with Gasteiger partial charge in [0, 0.05) is 16.3 Å². The number of nitrogens with one attached hydrogen (secondary N) is 1. The minimum absolute atomic E-state index is 0.129. The highest BCUT2D eigenvalue weighted by Gasteiger charge is 2.21. The van der Waals surface area contributed by atoms with Gasteiger partial charge in [-0.2, -0.15) is 5.06 Å². The lowest BCUT2D eigenvalue weighted by atomic mass is 10.1. The second-order valence-electron chi connectivity index (χ2n) is 3.84. The van der Waals surface area contributed by atoms with Crippen molar-refractivity contribution >= 4 is 17.4 Å². The Hall–Kier alpha value is -1.11. The molecule has 17 heavy (non-hydrogen) atoms. The number of nitrogens with zero attached hydrogens (tertiary/aromatic N) is 1. The highest BCUT2D eigenvalue weighted by molar-refractivity contribution is 7.12. The van der Waals surface area contributed by atoms with Crippen LogP contribution in [0.25, 0.3) is 0 Å². The molecule has 2 amide bonds. The van der Waals surface area contributed by atoms with Crippen LogP contribution in [0.3, 0.4) is 0 Å². The fourth-order valence-electron chi connectivity index (χ4n) is 1.62. The number of urea groups is 1. The van der Waals surface area contributed by atoms with E-state index < -0.39 is 12.1 Å². The first-order valence-electron chi connectivity index (χ1n) is 5.41. The molecule has 1 rings (SSSR count). The van der Waals surface area contributed by atoms with Crippen LogP contribution < -0.4 is 5.32 Å². The van der Waals surface area contributed by atoms with Gasteiger partial charge < -0.3 is 10.4 Å². The van der Waals surface area contributed by atoms with E-state index in [2.05, 4.69) is 5.32 Å². The van der Waals surface area contributed by atoms with Crippen LogP contribution in [0.5, 0.6) is 0 Å². The smallest absolute Gasteiger partial charge is 0.341 e. The molecular formula is C11H18N2O3S. The lowest BCUT2D eigenvalue weighted by Gasteiger charge is -2.22. The molecule has 1 aromatic heterocycles. The maximum Gasteiger partial charge on any atom is 0.341 e. The van der Waals surface area contributed by atoms with Crippen molar-refractivity contribution in [2.75, 3.05) is 13.2 Å². The molecule has 3 N–H and O–H groups in total. The molecule has 6 heteroatoms. The summed E-state index contributed by atoms with van der Waals surface area (Å²) in [4.78, 5) is 13.7. The number of amides is 2. The number of rotatable bonds is 4. The molecule has 1 aromatic rings. The molecule has 5 nitrogen and oxygen atoms in total. The zero-order valence-corrected chi connectivity index (χ0v) is 11.0. The van der Waals surface area contributed by atoms with Gasteiger partial charge in [0.25, 0.3) is 0 Å². The normalized spacial score (nSPS) is 12.3. The van der Waals surface area contributed by atoms with Crippen LogP contribution in [0.15, 0.2) is 6.07 Å². The summed E-state index contributed by atoms with van der Waals surface area (Å²) in [6, 6.07) is 0.959. The zero-order chi connectivity index (χ0) is 13.0. The van der Waals surface area contributed by atoms with Crippen molar-refractivity contribution in [3.63, 3.8) is 0 Å². The predicted molar refractivity (Wildman–Crippen MR) is 66.3 cm³/mol. The first-order valence-corrected chi connectivity index (χ1v) is 6.22. The third kappa shape index (κ3) is 3.42. The molecular weight excluding hydrogens is 240 g/mol. The highest BCUT2D eigenvalue weighted by Crippen LogP contribution is 2.28. The van der Waals surface area contributed by atoms with Gasteiger partial charge in [-0.3, -0.25) is 5.21 Å². The van der Waals surface area contributed by atoms with E-state index in [-0.39, 0.29) is 13.2 Å². The largest absolute Gasteiger partial charge is 0.395 e. The standard InChI is InChI=1S/C11H18N2O3S/c1-7-6-10(9(3)17-7)8(2)13(16)11(15)12-4-5-14/h6,8,14,16H,4-5H2,1-3H3,(H,12,15). The van der Waals surface area contributed by atoms with Gasteiger partial charge in [0.05, 0.1) is 12.6 Å². The minimum Gasteiger partial charge on any atom is -0.395 e. The molecule has 0 spiro atoms. The molecule has 0 saturated carbocycles.